The van der Waals surface area contributed by atoms with Gasteiger partial charge in [-0.1, -0.05) is 26.8 Å². The zero-order valence-electron chi connectivity index (χ0n) is 15.0. The van der Waals surface area contributed by atoms with Gasteiger partial charge in [0.05, 0.1) is 0 Å². The van der Waals surface area contributed by atoms with Crippen molar-refractivity contribution in [3.8, 4) is 5.75 Å². The summed E-state index contributed by atoms with van der Waals surface area (Å²) in [6.45, 7) is 12.0. The molecule has 4 heteroatoms. The van der Waals surface area contributed by atoms with Crippen LogP contribution in [0.15, 0.2) is 12.1 Å². The smallest absolute Gasteiger partial charge is 0.120 e. The van der Waals surface area contributed by atoms with Gasteiger partial charge >= 0.3 is 0 Å². The summed E-state index contributed by atoms with van der Waals surface area (Å²) in [7, 11) is 0. The standard InChI is InChI=1S/C18H33N3O/c1-7-16(4,19)12-10-11-13(22)15(18(6,21)9-3)14(12)17(5,20)8-2/h10-11,22H,7-9,19-21H2,1-6H3. The summed E-state index contributed by atoms with van der Waals surface area (Å²) >= 11 is 0. The highest BCUT2D eigenvalue weighted by molar-refractivity contribution is 5.53. The lowest BCUT2D eigenvalue weighted by Gasteiger charge is -2.39. The summed E-state index contributed by atoms with van der Waals surface area (Å²) < 4.78 is 0. The van der Waals surface area contributed by atoms with E-state index in [9.17, 15) is 5.11 Å². The molecule has 0 saturated heterocycles. The van der Waals surface area contributed by atoms with Crippen LogP contribution < -0.4 is 17.2 Å². The molecule has 0 aliphatic heterocycles. The van der Waals surface area contributed by atoms with Crippen molar-refractivity contribution in [2.75, 3.05) is 0 Å². The third-order valence-corrected chi connectivity index (χ3v) is 5.14. The number of rotatable bonds is 6. The van der Waals surface area contributed by atoms with E-state index >= 15 is 0 Å². The van der Waals surface area contributed by atoms with Gasteiger partial charge in [-0.2, -0.15) is 0 Å². The molecule has 0 spiro atoms. The quantitative estimate of drug-likeness (QED) is 0.649. The molecule has 1 aromatic carbocycles. The Labute approximate surface area is 135 Å². The molecular formula is C18H33N3O. The van der Waals surface area contributed by atoms with E-state index in [4.69, 9.17) is 17.2 Å². The van der Waals surface area contributed by atoms with Crippen molar-refractivity contribution in [1.29, 1.82) is 0 Å². The maximum Gasteiger partial charge on any atom is 0.120 e. The van der Waals surface area contributed by atoms with Crippen molar-refractivity contribution in [2.45, 2.75) is 77.4 Å². The Kier molecular flexibility index (Phi) is 5.33. The van der Waals surface area contributed by atoms with Gasteiger partial charge in [0.2, 0.25) is 0 Å². The van der Waals surface area contributed by atoms with Gasteiger partial charge in [0.15, 0.2) is 0 Å². The Morgan fingerprint density at radius 3 is 1.59 bits per heavy atom. The Morgan fingerprint density at radius 1 is 0.773 bits per heavy atom. The second-order valence-electron chi connectivity index (χ2n) is 7.20. The Bertz CT molecular complexity index is 533. The first-order valence-electron chi connectivity index (χ1n) is 8.18. The van der Waals surface area contributed by atoms with Gasteiger partial charge in [-0.25, -0.2) is 0 Å². The monoisotopic (exact) mass is 307 g/mol. The van der Waals surface area contributed by atoms with Gasteiger partial charge in [-0.15, -0.1) is 0 Å². The molecule has 4 nitrogen and oxygen atoms in total. The van der Waals surface area contributed by atoms with Crippen LogP contribution in [0.5, 0.6) is 5.75 Å². The molecule has 0 aliphatic rings. The maximum atomic E-state index is 10.5. The van der Waals surface area contributed by atoms with Gasteiger partial charge in [0.25, 0.3) is 0 Å². The number of benzene rings is 1. The van der Waals surface area contributed by atoms with E-state index in [1.54, 1.807) is 6.07 Å². The van der Waals surface area contributed by atoms with E-state index in [1.165, 1.54) is 0 Å². The molecule has 0 bridgehead atoms. The molecule has 7 N–H and O–H groups in total. The number of hydrogen-bond donors (Lipinski definition) is 4. The third-order valence-electron chi connectivity index (χ3n) is 5.14. The largest absolute Gasteiger partial charge is 0.508 e. The van der Waals surface area contributed by atoms with Crippen LogP contribution in [0.4, 0.5) is 0 Å². The van der Waals surface area contributed by atoms with Gasteiger partial charge in [0, 0.05) is 22.2 Å². The summed E-state index contributed by atoms with van der Waals surface area (Å²) in [6, 6.07) is 3.59. The lowest BCUT2D eigenvalue weighted by atomic mass is 9.72. The molecule has 0 heterocycles. The molecule has 1 aromatic rings. The fourth-order valence-corrected chi connectivity index (χ4v) is 2.78. The van der Waals surface area contributed by atoms with Gasteiger partial charge in [-0.05, 0) is 57.2 Å². The van der Waals surface area contributed by atoms with Crippen LogP contribution >= 0.6 is 0 Å². The van der Waals surface area contributed by atoms with Gasteiger partial charge in [-0.3, -0.25) is 0 Å². The summed E-state index contributed by atoms with van der Waals surface area (Å²) in [5.41, 5.74) is 20.4. The maximum absolute atomic E-state index is 10.5. The zero-order chi connectivity index (χ0) is 17.3. The summed E-state index contributed by atoms with van der Waals surface area (Å²) in [6.07, 6.45) is 2.21. The van der Waals surface area contributed by atoms with Crippen molar-refractivity contribution >= 4 is 0 Å². The normalized spacial score (nSPS) is 20.0. The second kappa shape index (κ2) is 6.19. The average molecular weight is 307 g/mol. The van der Waals surface area contributed by atoms with Crippen LogP contribution in [0.3, 0.4) is 0 Å². The van der Waals surface area contributed by atoms with Crippen LogP contribution in [-0.4, -0.2) is 5.11 Å². The van der Waals surface area contributed by atoms with E-state index in [-0.39, 0.29) is 5.75 Å². The predicted octanol–water partition coefficient (Wildman–Crippen LogP) is 3.14. The molecule has 3 unspecified atom stereocenters. The van der Waals surface area contributed by atoms with Gasteiger partial charge < -0.3 is 22.3 Å². The van der Waals surface area contributed by atoms with E-state index in [0.717, 1.165) is 29.5 Å². The van der Waals surface area contributed by atoms with E-state index in [0.29, 0.717) is 6.42 Å². The lowest BCUT2D eigenvalue weighted by molar-refractivity contribution is 0.376. The molecule has 0 aliphatic carbocycles. The molecule has 3 atom stereocenters. The second-order valence-corrected chi connectivity index (χ2v) is 7.20. The number of nitrogens with two attached hydrogens (primary N) is 3. The fraction of sp³-hybridized carbons (Fsp3) is 0.667. The molecule has 0 fully saturated rings. The average Bonchev–Trinajstić information content (AvgIpc) is 2.46. The first-order valence-corrected chi connectivity index (χ1v) is 8.18. The number of hydrogen-bond acceptors (Lipinski definition) is 4. The van der Waals surface area contributed by atoms with Crippen molar-refractivity contribution in [3.63, 3.8) is 0 Å². The van der Waals surface area contributed by atoms with E-state index in [2.05, 4.69) is 6.92 Å². The predicted molar refractivity (Wildman–Crippen MR) is 93.6 cm³/mol. The van der Waals surface area contributed by atoms with Crippen molar-refractivity contribution in [3.05, 3.63) is 28.8 Å². The first kappa shape index (κ1) is 18.9. The van der Waals surface area contributed by atoms with Crippen LogP contribution in [0, 0.1) is 0 Å². The van der Waals surface area contributed by atoms with Crippen LogP contribution in [0.1, 0.15) is 77.5 Å². The van der Waals surface area contributed by atoms with Crippen LogP contribution in [0.25, 0.3) is 0 Å². The third kappa shape index (κ3) is 3.29. The summed E-state index contributed by atoms with van der Waals surface area (Å²) in [5, 5.41) is 10.5. The highest BCUT2D eigenvalue weighted by Crippen LogP contribution is 2.43. The van der Waals surface area contributed by atoms with Crippen molar-refractivity contribution < 1.29 is 5.11 Å². The van der Waals surface area contributed by atoms with E-state index in [1.807, 2.05) is 40.7 Å². The molecule has 0 radical (unpaired) electrons. The van der Waals surface area contributed by atoms with Crippen LogP contribution in [-0.2, 0) is 16.6 Å². The molecule has 0 amide bonds. The Morgan fingerprint density at radius 2 is 1.18 bits per heavy atom. The Balaban J connectivity index is 3.88. The van der Waals surface area contributed by atoms with E-state index < -0.39 is 16.6 Å². The molecule has 0 saturated carbocycles. The molecule has 22 heavy (non-hydrogen) atoms. The molecule has 0 aromatic heterocycles. The first-order chi connectivity index (χ1) is 9.94. The Hall–Kier alpha value is -1.10. The number of phenolic OH excluding ortho intramolecular Hbond substituents is 1. The minimum absolute atomic E-state index is 0.197. The molecule has 1 rings (SSSR count). The topological polar surface area (TPSA) is 98.3 Å². The highest BCUT2D eigenvalue weighted by atomic mass is 16.3. The van der Waals surface area contributed by atoms with Gasteiger partial charge in [0.1, 0.15) is 5.75 Å². The summed E-state index contributed by atoms with van der Waals surface area (Å²) in [4.78, 5) is 0. The fourth-order valence-electron chi connectivity index (χ4n) is 2.78. The highest BCUT2D eigenvalue weighted by Gasteiger charge is 2.37. The van der Waals surface area contributed by atoms with Crippen molar-refractivity contribution in [1.82, 2.24) is 0 Å². The lowest BCUT2D eigenvalue weighted by Crippen LogP contribution is -2.44. The number of aromatic hydroxyl groups is 1. The SMILES string of the molecule is CCC(C)(N)c1ccc(O)c(C(C)(N)CC)c1C(C)(N)CC. The number of phenols is 1. The van der Waals surface area contributed by atoms with Crippen LogP contribution in [0.2, 0.25) is 0 Å². The minimum Gasteiger partial charge on any atom is -0.508 e. The van der Waals surface area contributed by atoms with Crippen molar-refractivity contribution in [2.24, 2.45) is 17.2 Å². The minimum atomic E-state index is -0.658. The molecular weight excluding hydrogens is 274 g/mol. The summed E-state index contributed by atoms with van der Waals surface area (Å²) in [5.74, 6) is 0.197. The molecule has 126 valence electrons. The zero-order valence-corrected chi connectivity index (χ0v) is 15.0.